The van der Waals surface area contributed by atoms with Gasteiger partial charge in [-0.05, 0) is 61.9 Å². The minimum atomic E-state index is -3.70. The summed E-state index contributed by atoms with van der Waals surface area (Å²) in [6.07, 6.45) is 2.62. The Hall–Kier alpha value is -2.34. The van der Waals surface area contributed by atoms with Crippen molar-refractivity contribution in [2.24, 2.45) is 5.92 Å². The fourth-order valence-electron chi connectivity index (χ4n) is 3.45. The number of amides is 1. The first kappa shape index (κ1) is 20.4. The molecule has 28 heavy (non-hydrogen) atoms. The second-order valence-corrected chi connectivity index (χ2v) is 9.69. The van der Waals surface area contributed by atoms with Crippen molar-refractivity contribution < 1.29 is 13.2 Å². The molecule has 0 aliphatic carbocycles. The summed E-state index contributed by atoms with van der Waals surface area (Å²) in [7, 11) is -3.70. The highest BCUT2D eigenvalue weighted by Gasteiger charge is 2.31. The topological polar surface area (TPSA) is 66.5 Å². The fourth-order valence-corrected chi connectivity index (χ4v) is 4.99. The zero-order valence-electron chi connectivity index (χ0n) is 16.7. The molecule has 0 spiro atoms. The third-order valence-corrected chi connectivity index (χ3v) is 6.89. The van der Waals surface area contributed by atoms with Crippen molar-refractivity contribution in [2.75, 3.05) is 10.8 Å². The molecule has 1 heterocycles. The average molecular weight is 401 g/mol. The highest BCUT2D eigenvalue weighted by Crippen LogP contribution is 2.32. The average Bonchev–Trinajstić information content (AvgIpc) is 3.11. The van der Waals surface area contributed by atoms with Gasteiger partial charge < -0.3 is 5.32 Å². The smallest absolute Gasteiger partial charge is 0.264 e. The molecule has 0 saturated carbocycles. The van der Waals surface area contributed by atoms with E-state index in [0.717, 1.165) is 24.1 Å². The molecule has 0 radical (unpaired) electrons. The van der Waals surface area contributed by atoms with Crippen LogP contribution in [-0.4, -0.2) is 26.9 Å². The van der Waals surface area contributed by atoms with E-state index in [1.165, 1.54) is 10.4 Å². The molecule has 6 heteroatoms. The first-order chi connectivity index (χ1) is 13.3. The lowest BCUT2D eigenvalue weighted by Crippen LogP contribution is -2.33. The minimum Gasteiger partial charge on any atom is -0.350 e. The van der Waals surface area contributed by atoms with Crippen molar-refractivity contribution in [3.63, 3.8) is 0 Å². The second-order valence-electron chi connectivity index (χ2n) is 7.83. The second kappa shape index (κ2) is 8.35. The molecular formula is C22H28N2O3S. The molecule has 0 fully saturated rings. The lowest BCUT2D eigenvalue weighted by atomic mass is 10.0. The molecule has 0 saturated heterocycles. The SMILES string of the molecule is CC(C)CC[C@H](C)NC(=O)c1cccc(S(=O)(=O)N2CCc3ccccc32)c1. The van der Waals surface area contributed by atoms with Gasteiger partial charge in [-0.3, -0.25) is 9.10 Å². The number of nitrogens with zero attached hydrogens (tertiary/aromatic N) is 1. The van der Waals surface area contributed by atoms with Crippen LogP contribution in [0.25, 0.3) is 0 Å². The number of fused-ring (bicyclic) bond motifs is 1. The van der Waals surface area contributed by atoms with E-state index in [2.05, 4.69) is 19.2 Å². The Labute approximate surface area is 167 Å². The molecule has 1 N–H and O–H groups in total. The standard InChI is InChI=1S/C22H28N2O3S/c1-16(2)11-12-17(3)23-22(25)19-8-6-9-20(15-19)28(26,27)24-14-13-18-7-4-5-10-21(18)24/h4-10,15-17H,11-14H2,1-3H3,(H,23,25)/t17-/m0/s1. The van der Waals surface area contributed by atoms with Gasteiger partial charge in [-0.25, -0.2) is 8.42 Å². The van der Waals surface area contributed by atoms with Gasteiger partial charge in [0.15, 0.2) is 0 Å². The molecule has 1 aliphatic rings. The summed E-state index contributed by atoms with van der Waals surface area (Å²) in [5.41, 5.74) is 2.11. The molecule has 1 atom stereocenters. The Morgan fingerprint density at radius 1 is 1.07 bits per heavy atom. The summed E-state index contributed by atoms with van der Waals surface area (Å²) in [5, 5.41) is 2.97. The van der Waals surface area contributed by atoms with Crippen LogP contribution in [0.2, 0.25) is 0 Å². The van der Waals surface area contributed by atoms with Gasteiger partial charge in [-0.1, -0.05) is 38.1 Å². The summed E-state index contributed by atoms with van der Waals surface area (Å²) >= 11 is 0. The van der Waals surface area contributed by atoms with Crippen LogP contribution in [0, 0.1) is 5.92 Å². The van der Waals surface area contributed by atoms with Gasteiger partial charge in [0.25, 0.3) is 15.9 Å². The first-order valence-corrected chi connectivity index (χ1v) is 11.2. The van der Waals surface area contributed by atoms with Crippen molar-refractivity contribution in [2.45, 2.75) is 51.0 Å². The monoisotopic (exact) mass is 400 g/mol. The number of para-hydroxylation sites is 1. The van der Waals surface area contributed by atoms with Crippen LogP contribution < -0.4 is 9.62 Å². The number of rotatable bonds is 7. The van der Waals surface area contributed by atoms with Crippen LogP contribution >= 0.6 is 0 Å². The van der Waals surface area contributed by atoms with Gasteiger partial charge in [-0.15, -0.1) is 0 Å². The lowest BCUT2D eigenvalue weighted by Gasteiger charge is -2.20. The zero-order valence-corrected chi connectivity index (χ0v) is 17.5. The predicted molar refractivity (Wildman–Crippen MR) is 112 cm³/mol. The third kappa shape index (κ3) is 4.38. The summed E-state index contributed by atoms with van der Waals surface area (Å²) in [6, 6.07) is 13.9. The predicted octanol–water partition coefficient (Wildman–Crippen LogP) is 3.99. The van der Waals surface area contributed by atoms with Crippen molar-refractivity contribution in [3.8, 4) is 0 Å². The van der Waals surface area contributed by atoms with Crippen LogP contribution in [0.3, 0.4) is 0 Å². The minimum absolute atomic E-state index is 0.0422. The van der Waals surface area contributed by atoms with E-state index >= 15 is 0 Å². The van der Waals surface area contributed by atoms with E-state index in [4.69, 9.17) is 0 Å². The quantitative estimate of drug-likeness (QED) is 0.764. The van der Waals surface area contributed by atoms with Crippen molar-refractivity contribution in [3.05, 3.63) is 59.7 Å². The molecular weight excluding hydrogens is 372 g/mol. The van der Waals surface area contributed by atoms with E-state index < -0.39 is 10.0 Å². The number of hydrogen-bond acceptors (Lipinski definition) is 3. The number of nitrogens with one attached hydrogen (secondary N) is 1. The fraction of sp³-hybridized carbons (Fsp3) is 0.409. The van der Waals surface area contributed by atoms with Crippen molar-refractivity contribution >= 4 is 21.6 Å². The van der Waals surface area contributed by atoms with Crippen LogP contribution in [-0.2, 0) is 16.4 Å². The number of anilines is 1. The third-order valence-electron chi connectivity index (χ3n) is 5.08. The Morgan fingerprint density at radius 3 is 2.57 bits per heavy atom. The molecule has 1 aliphatic heterocycles. The normalized spacial score (nSPS) is 14.8. The van der Waals surface area contributed by atoms with Gasteiger partial charge in [0.1, 0.15) is 0 Å². The molecule has 2 aromatic carbocycles. The highest BCUT2D eigenvalue weighted by atomic mass is 32.2. The maximum absolute atomic E-state index is 13.2. The van der Waals surface area contributed by atoms with Gasteiger partial charge >= 0.3 is 0 Å². The summed E-state index contributed by atoms with van der Waals surface area (Å²) in [5.74, 6) is 0.339. The maximum atomic E-state index is 13.2. The first-order valence-electron chi connectivity index (χ1n) is 9.80. The number of carbonyl (C=O) groups is 1. The van der Waals surface area contributed by atoms with E-state index in [-0.39, 0.29) is 16.8 Å². The zero-order chi connectivity index (χ0) is 20.3. The molecule has 0 aromatic heterocycles. The number of carbonyl (C=O) groups excluding carboxylic acids is 1. The van der Waals surface area contributed by atoms with Crippen LogP contribution in [0.15, 0.2) is 53.4 Å². The Bertz CT molecular complexity index is 954. The van der Waals surface area contributed by atoms with Gasteiger partial charge in [0.05, 0.1) is 10.6 Å². The molecule has 3 rings (SSSR count). The summed E-state index contributed by atoms with van der Waals surface area (Å²) in [4.78, 5) is 12.7. The molecule has 150 valence electrons. The Kier molecular flexibility index (Phi) is 6.08. The lowest BCUT2D eigenvalue weighted by molar-refractivity contribution is 0.0937. The van der Waals surface area contributed by atoms with E-state index in [1.807, 2.05) is 31.2 Å². The molecule has 0 unspecified atom stereocenters. The molecule has 0 bridgehead atoms. The van der Waals surface area contributed by atoms with Gasteiger partial charge in [-0.2, -0.15) is 0 Å². The molecule has 1 amide bonds. The van der Waals surface area contributed by atoms with Crippen molar-refractivity contribution in [1.82, 2.24) is 5.32 Å². The van der Waals surface area contributed by atoms with E-state index in [9.17, 15) is 13.2 Å². The molecule has 2 aromatic rings. The van der Waals surface area contributed by atoms with Crippen molar-refractivity contribution in [1.29, 1.82) is 0 Å². The Morgan fingerprint density at radius 2 is 1.82 bits per heavy atom. The largest absolute Gasteiger partial charge is 0.350 e. The summed E-state index contributed by atoms with van der Waals surface area (Å²) in [6.45, 7) is 6.70. The molecule has 5 nitrogen and oxygen atoms in total. The number of hydrogen-bond donors (Lipinski definition) is 1. The summed E-state index contributed by atoms with van der Waals surface area (Å²) < 4.78 is 27.8. The van der Waals surface area contributed by atoms with E-state index in [1.54, 1.807) is 18.2 Å². The van der Waals surface area contributed by atoms with Crippen LogP contribution in [0.5, 0.6) is 0 Å². The highest BCUT2D eigenvalue weighted by molar-refractivity contribution is 7.92. The van der Waals surface area contributed by atoms with Gasteiger partial charge in [0.2, 0.25) is 0 Å². The Balaban J connectivity index is 1.78. The van der Waals surface area contributed by atoms with Crippen LogP contribution in [0.4, 0.5) is 5.69 Å². The van der Waals surface area contributed by atoms with Gasteiger partial charge in [0, 0.05) is 18.2 Å². The number of sulfonamides is 1. The van der Waals surface area contributed by atoms with E-state index in [0.29, 0.717) is 24.4 Å². The van der Waals surface area contributed by atoms with Crippen LogP contribution in [0.1, 0.15) is 49.5 Å². The number of benzene rings is 2. The maximum Gasteiger partial charge on any atom is 0.264 e.